The maximum Gasteiger partial charge on any atom is 0.132 e. The summed E-state index contributed by atoms with van der Waals surface area (Å²) in [5.74, 6) is 7.98. The van der Waals surface area contributed by atoms with Crippen LogP contribution in [-0.4, -0.2) is 23.8 Å². The highest BCUT2D eigenvalue weighted by Crippen LogP contribution is 2.36. The molecule has 0 bridgehead atoms. The second-order valence-corrected chi connectivity index (χ2v) is 4.25. The quantitative estimate of drug-likeness (QED) is 0.617. The maximum absolute atomic E-state index is 5.75. The highest BCUT2D eigenvalue weighted by molar-refractivity contribution is 5.49. The standard InChI is InChI=1S/C14H20N4O2/c1-4-18-9-8-16-14(18)13(17-15)12-10(19-2)6-5-7-11(12)20-3/h5-9,13,17H,4,15H2,1-3H3. The van der Waals surface area contributed by atoms with Crippen molar-refractivity contribution < 1.29 is 9.47 Å². The first-order chi connectivity index (χ1) is 9.76. The SMILES string of the molecule is CCn1ccnc1C(NN)c1c(OC)cccc1OC. The summed E-state index contributed by atoms with van der Waals surface area (Å²) in [7, 11) is 3.25. The summed E-state index contributed by atoms with van der Waals surface area (Å²) in [4.78, 5) is 4.39. The Morgan fingerprint density at radius 2 is 1.95 bits per heavy atom. The highest BCUT2D eigenvalue weighted by Gasteiger charge is 2.24. The van der Waals surface area contributed by atoms with Gasteiger partial charge in [0.15, 0.2) is 0 Å². The molecular formula is C14H20N4O2. The number of nitrogens with two attached hydrogens (primary N) is 1. The highest BCUT2D eigenvalue weighted by atomic mass is 16.5. The van der Waals surface area contributed by atoms with Gasteiger partial charge in [0.2, 0.25) is 0 Å². The van der Waals surface area contributed by atoms with Gasteiger partial charge in [-0.3, -0.25) is 5.84 Å². The van der Waals surface area contributed by atoms with Crippen LogP contribution in [0, 0.1) is 0 Å². The van der Waals surface area contributed by atoms with Gasteiger partial charge in [0.05, 0.1) is 19.8 Å². The number of aromatic nitrogens is 2. The predicted molar refractivity (Wildman–Crippen MR) is 76.6 cm³/mol. The molecule has 6 heteroatoms. The number of methoxy groups -OCH3 is 2. The maximum atomic E-state index is 5.75. The molecule has 1 aromatic carbocycles. The van der Waals surface area contributed by atoms with E-state index < -0.39 is 0 Å². The molecule has 2 rings (SSSR count). The summed E-state index contributed by atoms with van der Waals surface area (Å²) in [6, 6.07) is 5.32. The minimum Gasteiger partial charge on any atom is -0.496 e. The van der Waals surface area contributed by atoms with Crippen molar-refractivity contribution in [3.63, 3.8) is 0 Å². The Balaban J connectivity index is 2.57. The minimum absolute atomic E-state index is 0.309. The first-order valence-electron chi connectivity index (χ1n) is 6.44. The van der Waals surface area contributed by atoms with Crippen molar-refractivity contribution in [1.82, 2.24) is 15.0 Å². The van der Waals surface area contributed by atoms with E-state index in [9.17, 15) is 0 Å². The zero-order valence-corrected chi connectivity index (χ0v) is 12.0. The lowest BCUT2D eigenvalue weighted by molar-refractivity contribution is 0.374. The van der Waals surface area contributed by atoms with Crippen molar-refractivity contribution in [3.05, 3.63) is 42.0 Å². The summed E-state index contributed by atoms with van der Waals surface area (Å²) in [5, 5.41) is 0. The van der Waals surface area contributed by atoms with E-state index in [2.05, 4.69) is 17.3 Å². The number of aryl methyl sites for hydroxylation is 1. The van der Waals surface area contributed by atoms with Gasteiger partial charge in [-0.05, 0) is 19.1 Å². The third-order valence-corrected chi connectivity index (χ3v) is 3.27. The van der Waals surface area contributed by atoms with Gasteiger partial charge < -0.3 is 14.0 Å². The van der Waals surface area contributed by atoms with Crippen molar-refractivity contribution in [3.8, 4) is 11.5 Å². The Kier molecular flexibility index (Phi) is 4.60. The lowest BCUT2D eigenvalue weighted by Crippen LogP contribution is -2.31. The van der Waals surface area contributed by atoms with Gasteiger partial charge in [-0.15, -0.1) is 0 Å². The molecule has 3 N–H and O–H groups in total. The van der Waals surface area contributed by atoms with Gasteiger partial charge in [0.25, 0.3) is 0 Å². The summed E-state index contributed by atoms with van der Waals surface area (Å²) < 4.78 is 12.9. The number of nitrogens with zero attached hydrogens (tertiary/aromatic N) is 2. The normalized spacial score (nSPS) is 12.2. The van der Waals surface area contributed by atoms with Gasteiger partial charge in [0.1, 0.15) is 23.4 Å². The second-order valence-electron chi connectivity index (χ2n) is 4.25. The zero-order chi connectivity index (χ0) is 14.5. The molecule has 108 valence electrons. The molecule has 0 spiro atoms. The number of hydrazine groups is 1. The van der Waals surface area contributed by atoms with Crippen LogP contribution in [0.4, 0.5) is 0 Å². The van der Waals surface area contributed by atoms with Crippen LogP contribution in [0.25, 0.3) is 0 Å². The molecule has 1 unspecified atom stereocenters. The van der Waals surface area contributed by atoms with Gasteiger partial charge >= 0.3 is 0 Å². The second kappa shape index (κ2) is 6.40. The molecule has 0 aliphatic carbocycles. The number of hydrogen-bond donors (Lipinski definition) is 2. The monoisotopic (exact) mass is 276 g/mol. The van der Waals surface area contributed by atoms with E-state index in [1.807, 2.05) is 29.0 Å². The molecule has 0 aliphatic rings. The molecule has 1 atom stereocenters. The third-order valence-electron chi connectivity index (χ3n) is 3.27. The Morgan fingerprint density at radius 3 is 2.45 bits per heavy atom. The van der Waals surface area contributed by atoms with Gasteiger partial charge in [0, 0.05) is 18.9 Å². The molecule has 1 aromatic heterocycles. The largest absolute Gasteiger partial charge is 0.496 e. The smallest absolute Gasteiger partial charge is 0.132 e. The van der Waals surface area contributed by atoms with E-state index in [4.69, 9.17) is 15.3 Å². The summed E-state index contributed by atoms with van der Waals surface area (Å²) >= 11 is 0. The summed E-state index contributed by atoms with van der Waals surface area (Å²) in [6.07, 6.45) is 3.67. The lowest BCUT2D eigenvalue weighted by atomic mass is 10.0. The number of hydrogen-bond acceptors (Lipinski definition) is 5. The van der Waals surface area contributed by atoms with Crippen LogP contribution in [0.15, 0.2) is 30.6 Å². The minimum atomic E-state index is -0.309. The summed E-state index contributed by atoms with van der Waals surface area (Å²) in [5.41, 5.74) is 3.64. The van der Waals surface area contributed by atoms with E-state index in [1.54, 1.807) is 20.4 Å². The average molecular weight is 276 g/mol. The molecule has 2 aromatic rings. The van der Waals surface area contributed by atoms with Crippen LogP contribution in [0.1, 0.15) is 24.4 Å². The lowest BCUT2D eigenvalue weighted by Gasteiger charge is -2.21. The van der Waals surface area contributed by atoms with Crippen LogP contribution in [0.5, 0.6) is 11.5 Å². The first-order valence-corrected chi connectivity index (χ1v) is 6.44. The number of nitrogens with one attached hydrogen (secondary N) is 1. The van der Waals surface area contributed by atoms with E-state index in [0.29, 0.717) is 11.5 Å². The van der Waals surface area contributed by atoms with Gasteiger partial charge in [-0.2, -0.15) is 0 Å². The number of benzene rings is 1. The Hall–Kier alpha value is -2.05. The van der Waals surface area contributed by atoms with Crippen LogP contribution < -0.4 is 20.7 Å². The number of ether oxygens (including phenoxy) is 2. The van der Waals surface area contributed by atoms with Crippen LogP contribution in [0.3, 0.4) is 0 Å². The summed E-state index contributed by atoms with van der Waals surface area (Å²) in [6.45, 7) is 2.86. The van der Waals surface area contributed by atoms with Gasteiger partial charge in [-0.25, -0.2) is 10.4 Å². The van der Waals surface area contributed by atoms with Crippen molar-refractivity contribution in [2.24, 2.45) is 5.84 Å². The van der Waals surface area contributed by atoms with Crippen LogP contribution >= 0.6 is 0 Å². The Bertz CT molecular complexity index is 546. The molecule has 0 saturated heterocycles. The number of imidazole rings is 1. The van der Waals surface area contributed by atoms with E-state index in [-0.39, 0.29) is 6.04 Å². The molecular weight excluding hydrogens is 256 g/mol. The molecule has 0 amide bonds. The van der Waals surface area contributed by atoms with E-state index >= 15 is 0 Å². The van der Waals surface area contributed by atoms with Crippen LogP contribution in [-0.2, 0) is 6.54 Å². The average Bonchev–Trinajstić information content (AvgIpc) is 2.96. The van der Waals surface area contributed by atoms with Gasteiger partial charge in [-0.1, -0.05) is 6.07 Å². The fourth-order valence-electron chi connectivity index (χ4n) is 2.30. The molecule has 6 nitrogen and oxygen atoms in total. The molecule has 0 fully saturated rings. The molecule has 0 aliphatic heterocycles. The van der Waals surface area contributed by atoms with Crippen molar-refractivity contribution in [2.75, 3.05) is 14.2 Å². The topological polar surface area (TPSA) is 74.3 Å². The van der Waals surface area contributed by atoms with Crippen molar-refractivity contribution >= 4 is 0 Å². The first kappa shape index (κ1) is 14.4. The number of rotatable bonds is 6. The Labute approximate surface area is 118 Å². The molecule has 0 saturated carbocycles. The fraction of sp³-hybridized carbons (Fsp3) is 0.357. The fourth-order valence-corrected chi connectivity index (χ4v) is 2.30. The molecule has 1 heterocycles. The van der Waals surface area contributed by atoms with E-state index in [1.165, 1.54) is 0 Å². The van der Waals surface area contributed by atoms with Crippen molar-refractivity contribution in [1.29, 1.82) is 0 Å². The van der Waals surface area contributed by atoms with E-state index in [0.717, 1.165) is 17.9 Å². The zero-order valence-electron chi connectivity index (χ0n) is 12.0. The van der Waals surface area contributed by atoms with Crippen LogP contribution in [0.2, 0.25) is 0 Å². The Morgan fingerprint density at radius 1 is 1.30 bits per heavy atom. The molecule has 0 radical (unpaired) electrons. The predicted octanol–water partition coefficient (Wildman–Crippen LogP) is 1.47. The van der Waals surface area contributed by atoms with Crippen molar-refractivity contribution in [2.45, 2.75) is 19.5 Å². The third kappa shape index (κ3) is 2.48. The molecule has 20 heavy (non-hydrogen) atoms.